The lowest BCUT2D eigenvalue weighted by Crippen LogP contribution is -2.59. The molecule has 0 N–H and O–H groups in total. The fourth-order valence-electron chi connectivity index (χ4n) is 4.49. The molecule has 0 bridgehead atoms. The number of allylic oxidation sites excluding steroid dienone is 2. The number of carbonyl (C=O) groups excluding carboxylic acids is 1. The molecule has 0 aromatic carbocycles. The topological polar surface area (TPSA) is 42.0 Å². The number of hydrogen-bond acceptors (Lipinski definition) is 4. The number of likely N-dealkylation sites (N-methyl/N-ethyl adjacent to an activating group) is 1. The first-order chi connectivity index (χ1) is 12.1. The maximum atomic E-state index is 13.0. The third-order valence-electron chi connectivity index (χ3n) is 5.99. The third-order valence-corrected chi connectivity index (χ3v) is 5.99. The van der Waals surface area contributed by atoms with Gasteiger partial charge >= 0.3 is 0 Å². The van der Waals surface area contributed by atoms with Crippen molar-refractivity contribution in [2.75, 3.05) is 53.6 Å². The van der Waals surface area contributed by atoms with Gasteiger partial charge in [-0.15, -0.1) is 0 Å². The Labute approximate surface area is 152 Å². The van der Waals surface area contributed by atoms with Crippen LogP contribution in [-0.2, 0) is 14.3 Å². The average molecular weight is 351 g/mol. The van der Waals surface area contributed by atoms with E-state index in [1.54, 1.807) is 0 Å². The number of fused-ring (bicyclic) bond motifs is 1. The molecule has 3 aliphatic rings. The van der Waals surface area contributed by atoms with Crippen molar-refractivity contribution >= 4 is 5.91 Å². The predicted octanol–water partition coefficient (Wildman–Crippen LogP) is 2.32. The molecule has 5 nitrogen and oxygen atoms in total. The minimum atomic E-state index is -0.0109. The molecular weight excluding hydrogens is 316 g/mol. The summed E-state index contributed by atoms with van der Waals surface area (Å²) in [4.78, 5) is 17.2. The summed E-state index contributed by atoms with van der Waals surface area (Å²) in [6.45, 7) is 4.87. The lowest BCUT2D eigenvalue weighted by molar-refractivity contribution is -0.167. The zero-order chi connectivity index (χ0) is 17.7. The van der Waals surface area contributed by atoms with Gasteiger partial charge in [-0.05, 0) is 52.6 Å². The molecule has 2 saturated heterocycles. The monoisotopic (exact) mass is 350 g/mol. The number of amides is 1. The number of piperidine rings is 1. The molecule has 3 atom stereocenters. The fourth-order valence-corrected chi connectivity index (χ4v) is 4.49. The largest absolute Gasteiger partial charge is 0.379 e. The number of hydrogen-bond donors (Lipinski definition) is 0. The van der Waals surface area contributed by atoms with E-state index in [0.29, 0.717) is 12.5 Å². The van der Waals surface area contributed by atoms with E-state index in [1.165, 1.54) is 0 Å². The number of nitrogens with zero attached hydrogens (tertiary/aromatic N) is 2. The molecule has 2 aliphatic heterocycles. The minimum absolute atomic E-state index is 0.0109. The van der Waals surface area contributed by atoms with Crippen LogP contribution in [0.25, 0.3) is 0 Å². The van der Waals surface area contributed by atoms with Gasteiger partial charge in [0.05, 0.1) is 19.3 Å². The summed E-state index contributed by atoms with van der Waals surface area (Å²) in [7, 11) is 4.13. The van der Waals surface area contributed by atoms with Gasteiger partial charge in [0.2, 0.25) is 5.91 Å². The maximum Gasteiger partial charge on any atom is 0.226 e. The normalized spacial score (nSPS) is 32.7. The third kappa shape index (κ3) is 4.63. The van der Waals surface area contributed by atoms with Gasteiger partial charge in [-0.25, -0.2) is 0 Å². The summed E-state index contributed by atoms with van der Waals surface area (Å²) in [5.41, 5.74) is -0.0109. The first-order valence-corrected chi connectivity index (χ1v) is 9.89. The van der Waals surface area contributed by atoms with Crippen LogP contribution in [-0.4, -0.2) is 75.4 Å². The Kier molecular flexibility index (Phi) is 6.53. The van der Waals surface area contributed by atoms with Crippen LogP contribution in [0.1, 0.15) is 38.5 Å². The summed E-state index contributed by atoms with van der Waals surface area (Å²) >= 11 is 0. The molecule has 0 unspecified atom stereocenters. The second-order valence-corrected chi connectivity index (χ2v) is 8.21. The van der Waals surface area contributed by atoms with Gasteiger partial charge in [-0.3, -0.25) is 4.79 Å². The van der Waals surface area contributed by atoms with E-state index in [1.807, 2.05) is 0 Å². The van der Waals surface area contributed by atoms with Crippen molar-refractivity contribution in [1.29, 1.82) is 0 Å². The van der Waals surface area contributed by atoms with Gasteiger partial charge in [0.25, 0.3) is 0 Å². The van der Waals surface area contributed by atoms with Crippen LogP contribution in [0.5, 0.6) is 0 Å². The van der Waals surface area contributed by atoms with Crippen LogP contribution in [0, 0.1) is 11.3 Å². The molecule has 1 amide bonds. The smallest absolute Gasteiger partial charge is 0.226 e. The Morgan fingerprint density at radius 1 is 1.36 bits per heavy atom. The van der Waals surface area contributed by atoms with Gasteiger partial charge in [0.1, 0.15) is 0 Å². The van der Waals surface area contributed by atoms with E-state index >= 15 is 0 Å². The summed E-state index contributed by atoms with van der Waals surface area (Å²) in [5.74, 6) is 0.527. The van der Waals surface area contributed by atoms with Crippen molar-refractivity contribution in [3.63, 3.8) is 0 Å². The molecule has 2 fully saturated rings. The van der Waals surface area contributed by atoms with Gasteiger partial charge in [-0.2, -0.15) is 0 Å². The Morgan fingerprint density at radius 3 is 3.00 bits per heavy atom. The molecule has 25 heavy (non-hydrogen) atoms. The molecule has 2 heterocycles. The van der Waals surface area contributed by atoms with Crippen LogP contribution in [0.2, 0.25) is 0 Å². The van der Waals surface area contributed by atoms with Crippen LogP contribution in [0.3, 0.4) is 0 Å². The second-order valence-electron chi connectivity index (χ2n) is 8.21. The number of carbonyl (C=O) groups is 1. The van der Waals surface area contributed by atoms with Crippen molar-refractivity contribution in [3.8, 4) is 0 Å². The average Bonchev–Trinajstić information content (AvgIpc) is 2.65. The molecular formula is C20H34N2O3. The summed E-state index contributed by atoms with van der Waals surface area (Å²) in [6, 6.07) is 0. The van der Waals surface area contributed by atoms with Gasteiger partial charge < -0.3 is 19.3 Å². The van der Waals surface area contributed by atoms with Crippen molar-refractivity contribution in [3.05, 3.63) is 12.2 Å². The van der Waals surface area contributed by atoms with E-state index in [0.717, 1.165) is 71.4 Å². The van der Waals surface area contributed by atoms with Gasteiger partial charge in [0, 0.05) is 37.6 Å². The Bertz CT molecular complexity index is 480. The molecule has 0 aromatic rings. The number of rotatable bonds is 6. The quantitative estimate of drug-likeness (QED) is 0.545. The molecule has 0 aromatic heterocycles. The van der Waals surface area contributed by atoms with Crippen molar-refractivity contribution < 1.29 is 14.3 Å². The number of ether oxygens (including phenoxy) is 2. The molecule has 142 valence electrons. The van der Waals surface area contributed by atoms with E-state index in [-0.39, 0.29) is 17.4 Å². The fraction of sp³-hybridized carbons (Fsp3) is 0.850. The van der Waals surface area contributed by atoms with Crippen molar-refractivity contribution in [2.45, 2.75) is 44.6 Å². The first-order valence-electron chi connectivity index (χ1n) is 9.89. The summed E-state index contributed by atoms with van der Waals surface area (Å²) < 4.78 is 12.1. The molecule has 0 radical (unpaired) electrons. The number of likely N-dealkylation sites (tertiary alicyclic amines) is 1. The highest BCUT2D eigenvalue weighted by molar-refractivity contribution is 5.79. The highest BCUT2D eigenvalue weighted by Gasteiger charge is 2.47. The highest BCUT2D eigenvalue weighted by atomic mass is 16.5. The van der Waals surface area contributed by atoms with Crippen LogP contribution < -0.4 is 0 Å². The van der Waals surface area contributed by atoms with Crippen LogP contribution >= 0.6 is 0 Å². The molecule has 0 spiro atoms. The van der Waals surface area contributed by atoms with Gasteiger partial charge in [-0.1, -0.05) is 12.2 Å². The first kappa shape index (κ1) is 18.9. The minimum Gasteiger partial charge on any atom is -0.379 e. The van der Waals surface area contributed by atoms with E-state index in [2.05, 4.69) is 36.0 Å². The lowest BCUT2D eigenvalue weighted by atomic mass is 9.72. The summed E-state index contributed by atoms with van der Waals surface area (Å²) in [6.07, 6.45) is 10.7. The molecule has 1 aliphatic carbocycles. The molecule has 0 saturated carbocycles. The van der Waals surface area contributed by atoms with E-state index in [9.17, 15) is 4.79 Å². The SMILES string of the molecule is CN(C)CCOC[C@]12CCCO[C@H]1CCN(C(=O)[C@@H]1CC=CCC1)C2. The van der Waals surface area contributed by atoms with E-state index in [4.69, 9.17) is 9.47 Å². The van der Waals surface area contributed by atoms with Crippen LogP contribution in [0.4, 0.5) is 0 Å². The maximum absolute atomic E-state index is 13.0. The lowest BCUT2D eigenvalue weighted by Gasteiger charge is -2.50. The van der Waals surface area contributed by atoms with Crippen LogP contribution in [0.15, 0.2) is 12.2 Å². The molecule has 5 heteroatoms. The van der Waals surface area contributed by atoms with Crippen molar-refractivity contribution in [2.24, 2.45) is 11.3 Å². The predicted molar refractivity (Wildman–Crippen MR) is 98.5 cm³/mol. The zero-order valence-electron chi connectivity index (χ0n) is 15.9. The van der Waals surface area contributed by atoms with E-state index < -0.39 is 0 Å². The standard InChI is InChI=1S/C20H34N2O3/c1-21(2)12-14-24-16-20-10-6-13-25-18(20)9-11-22(15-20)19(23)17-7-4-3-5-8-17/h3-4,17-18H,5-16H2,1-2H3/t17-,18+,20-/m1/s1. The second kappa shape index (κ2) is 8.65. The Morgan fingerprint density at radius 2 is 2.24 bits per heavy atom. The zero-order valence-corrected chi connectivity index (χ0v) is 15.9. The highest BCUT2D eigenvalue weighted by Crippen LogP contribution is 2.41. The Balaban J connectivity index is 1.62. The van der Waals surface area contributed by atoms with Gasteiger partial charge in [0.15, 0.2) is 0 Å². The summed E-state index contributed by atoms with van der Waals surface area (Å²) in [5, 5.41) is 0. The van der Waals surface area contributed by atoms with Crippen molar-refractivity contribution in [1.82, 2.24) is 9.80 Å². The Hall–Kier alpha value is -0.910. The molecule has 3 rings (SSSR count).